The van der Waals surface area contributed by atoms with Gasteiger partial charge in [-0.15, -0.1) is 0 Å². The average Bonchev–Trinajstić information content (AvgIpc) is 3.22. The molecule has 0 radical (unpaired) electrons. The minimum Gasteiger partial charge on any atom is -0.485 e. The van der Waals surface area contributed by atoms with Gasteiger partial charge < -0.3 is 25.0 Å². The van der Waals surface area contributed by atoms with Crippen molar-refractivity contribution in [2.24, 2.45) is 0 Å². The Morgan fingerprint density at radius 3 is 2.64 bits per heavy atom. The number of fused-ring (bicyclic) bond motifs is 3. The molecule has 6 rings (SSSR count). The minimum absolute atomic E-state index is 0.0686. The number of para-hydroxylation sites is 2. The van der Waals surface area contributed by atoms with Crippen molar-refractivity contribution >= 4 is 39.5 Å². The van der Waals surface area contributed by atoms with E-state index in [9.17, 15) is 4.79 Å². The Hall–Kier alpha value is -4.08. The molecule has 2 aromatic heterocycles. The van der Waals surface area contributed by atoms with Crippen molar-refractivity contribution in [3.63, 3.8) is 0 Å². The van der Waals surface area contributed by atoms with Crippen LogP contribution in [0.5, 0.6) is 11.5 Å². The van der Waals surface area contributed by atoms with Crippen LogP contribution in [0.25, 0.3) is 21.8 Å². The van der Waals surface area contributed by atoms with Crippen LogP contribution in [0.1, 0.15) is 5.69 Å². The summed E-state index contributed by atoms with van der Waals surface area (Å²) >= 11 is 0. The molecule has 10 nitrogen and oxygen atoms in total. The molecule has 33 heavy (non-hydrogen) atoms. The summed E-state index contributed by atoms with van der Waals surface area (Å²) in [5.74, 6) is 2.19. The maximum Gasteiger partial charge on any atom is 0.267 e. The number of piperazine rings is 1. The van der Waals surface area contributed by atoms with Crippen molar-refractivity contribution in [1.29, 1.82) is 0 Å². The lowest BCUT2D eigenvalue weighted by Gasteiger charge is -2.37. The molecular weight excluding hydrogens is 422 g/mol. The van der Waals surface area contributed by atoms with Crippen molar-refractivity contribution in [1.82, 2.24) is 25.1 Å². The number of carbonyl (C=O) groups is 1. The number of aromatic amines is 1. The van der Waals surface area contributed by atoms with E-state index in [1.807, 2.05) is 43.3 Å². The highest BCUT2D eigenvalue weighted by Crippen LogP contribution is 2.32. The Kier molecular flexibility index (Phi) is 4.46. The van der Waals surface area contributed by atoms with E-state index in [1.54, 1.807) is 4.90 Å². The number of H-pyrrole nitrogens is 1. The standard InChI is InChI=1S/C23H23N7O3/c1-13-14-10-16-15(11-17(14)28-27-13)21(24)26-23(25-16)30-8-6-29(7-9-30)22(31)20-12-32-18-4-2-3-5-19(18)33-20/h2-5,10-11,20H,6-9,12H2,1H3,(H,27,28)(H2,24,25,26). The van der Waals surface area contributed by atoms with E-state index < -0.39 is 6.10 Å². The van der Waals surface area contributed by atoms with Gasteiger partial charge in [0.25, 0.3) is 5.91 Å². The van der Waals surface area contributed by atoms with Gasteiger partial charge in [0.2, 0.25) is 12.1 Å². The van der Waals surface area contributed by atoms with Crippen LogP contribution in [-0.2, 0) is 4.79 Å². The second kappa shape index (κ2) is 7.51. The van der Waals surface area contributed by atoms with E-state index in [4.69, 9.17) is 20.2 Å². The van der Waals surface area contributed by atoms with Gasteiger partial charge in [-0.25, -0.2) is 4.98 Å². The van der Waals surface area contributed by atoms with Crippen LogP contribution in [0.2, 0.25) is 0 Å². The summed E-state index contributed by atoms with van der Waals surface area (Å²) in [6.07, 6.45) is -0.639. The molecule has 3 N–H and O–H groups in total. The van der Waals surface area contributed by atoms with E-state index in [-0.39, 0.29) is 12.5 Å². The van der Waals surface area contributed by atoms with Gasteiger partial charge in [0, 0.05) is 42.6 Å². The fraction of sp³-hybridized carbons (Fsp3) is 0.304. The number of aromatic nitrogens is 4. The maximum atomic E-state index is 13.0. The van der Waals surface area contributed by atoms with Gasteiger partial charge in [-0.2, -0.15) is 10.1 Å². The van der Waals surface area contributed by atoms with Crippen molar-refractivity contribution in [2.75, 3.05) is 43.4 Å². The first-order chi connectivity index (χ1) is 16.1. The van der Waals surface area contributed by atoms with Gasteiger partial charge in [-0.1, -0.05) is 12.1 Å². The topological polar surface area (TPSA) is 122 Å². The number of rotatable bonds is 2. The number of benzene rings is 2. The summed E-state index contributed by atoms with van der Waals surface area (Å²) < 4.78 is 11.6. The molecule has 1 amide bonds. The molecule has 1 saturated heterocycles. The lowest BCUT2D eigenvalue weighted by atomic mass is 10.1. The molecule has 1 fully saturated rings. The van der Waals surface area contributed by atoms with Crippen LogP contribution < -0.4 is 20.1 Å². The van der Waals surface area contributed by atoms with Gasteiger partial charge in [0.15, 0.2) is 11.5 Å². The SMILES string of the molecule is Cc1[nH]nc2cc3c(N)nc(N4CCN(C(=O)C5COc6ccccc6O5)CC4)nc3cc12. The number of amides is 1. The van der Waals surface area contributed by atoms with Crippen molar-refractivity contribution in [2.45, 2.75) is 13.0 Å². The summed E-state index contributed by atoms with van der Waals surface area (Å²) in [7, 11) is 0. The Morgan fingerprint density at radius 2 is 1.82 bits per heavy atom. The second-order valence-electron chi connectivity index (χ2n) is 8.32. The van der Waals surface area contributed by atoms with Gasteiger partial charge in [0.1, 0.15) is 12.4 Å². The number of carbonyl (C=O) groups excluding carboxylic acids is 1. The molecule has 1 atom stereocenters. The summed E-state index contributed by atoms with van der Waals surface area (Å²) in [4.78, 5) is 26.2. The number of nitrogens with one attached hydrogen (secondary N) is 1. The lowest BCUT2D eigenvalue weighted by molar-refractivity contribution is -0.141. The first kappa shape index (κ1) is 19.6. The zero-order valence-corrected chi connectivity index (χ0v) is 18.1. The molecule has 2 aliphatic heterocycles. The molecule has 0 saturated carbocycles. The largest absolute Gasteiger partial charge is 0.485 e. The quantitative estimate of drug-likeness (QED) is 0.480. The van der Waals surface area contributed by atoms with Gasteiger partial charge in [-0.3, -0.25) is 9.89 Å². The number of hydrogen-bond acceptors (Lipinski definition) is 8. The van der Waals surface area contributed by atoms with Crippen LogP contribution in [0.4, 0.5) is 11.8 Å². The Bertz CT molecular complexity index is 1380. The number of nitrogens with zero attached hydrogens (tertiary/aromatic N) is 5. The molecule has 10 heteroatoms. The first-order valence-electron chi connectivity index (χ1n) is 10.9. The predicted octanol–water partition coefficient (Wildman–Crippen LogP) is 1.89. The van der Waals surface area contributed by atoms with E-state index in [1.165, 1.54) is 0 Å². The monoisotopic (exact) mass is 445 g/mol. The number of nitrogens with two attached hydrogens (primary N) is 1. The van der Waals surface area contributed by atoms with Crippen LogP contribution >= 0.6 is 0 Å². The number of ether oxygens (including phenoxy) is 2. The molecule has 0 bridgehead atoms. The fourth-order valence-corrected chi connectivity index (χ4v) is 4.39. The zero-order valence-electron chi connectivity index (χ0n) is 18.1. The van der Waals surface area contributed by atoms with Gasteiger partial charge in [-0.05, 0) is 31.2 Å². The summed E-state index contributed by atoms with van der Waals surface area (Å²) in [5, 5.41) is 9.08. The number of hydrogen-bond donors (Lipinski definition) is 2. The first-order valence-corrected chi connectivity index (χ1v) is 10.9. The second-order valence-corrected chi connectivity index (χ2v) is 8.32. The third kappa shape index (κ3) is 3.34. The van der Waals surface area contributed by atoms with Crippen LogP contribution in [-0.4, -0.2) is 69.9 Å². The predicted molar refractivity (Wildman–Crippen MR) is 123 cm³/mol. The summed E-state index contributed by atoms with van der Waals surface area (Å²) in [6.45, 7) is 4.48. The van der Waals surface area contributed by atoms with Crippen molar-refractivity contribution in [3.05, 3.63) is 42.1 Å². The van der Waals surface area contributed by atoms with Crippen LogP contribution in [0.3, 0.4) is 0 Å². The molecule has 2 aliphatic rings. The zero-order chi connectivity index (χ0) is 22.5. The summed E-state index contributed by atoms with van der Waals surface area (Å²) in [6, 6.07) is 11.3. The normalized spacial score (nSPS) is 18.2. The fourth-order valence-electron chi connectivity index (χ4n) is 4.39. The minimum atomic E-state index is -0.639. The van der Waals surface area contributed by atoms with E-state index in [0.717, 1.165) is 27.5 Å². The Balaban J connectivity index is 1.18. The van der Waals surface area contributed by atoms with Gasteiger partial charge >= 0.3 is 0 Å². The van der Waals surface area contributed by atoms with Crippen molar-refractivity contribution < 1.29 is 14.3 Å². The maximum absolute atomic E-state index is 13.0. The molecule has 4 heterocycles. The Labute approximate surface area is 189 Å². The third-order valence-electron chi connectivity index (χ3n) is 6.24. The average molecular weight is 445 g/mol. The molecule has 4 aromatic rings. The molecular formula is C23H23N7O3. The smallest absolute Gasteiger partial charge is 0.267 e. The highest BCUT2D eigenvalue weighted by Gasteiger charge is 2.33. The lowest BCUT2D eigenvalue weighted by Crippen LogP contribution is -2.54. The number of anilines is 2. The molecule has 1 unspecified atom stereocenters. The molecule has 0 spiro atoms. The van der Waals surface area contributed by atoms with Crippen LogP contribution in [0.15, 0.2) is 36.4 Å². The molecule has 168 valence electrons. The van der Waals surface area contributed by atoms with Crippen molar-refractivity contribution in [3.8, 4) is 11.5 Å². The van der Waals surface area contributed by atoms with E-state index in [0.29, 0.717) is 49.4 Å². The third-order valence-corrected chi connectivity index (χ3v) is 6.24. The molecule has 0 aliphatic carbocycles. The number of aryl methyl sites for hydroxylation is 1. The van der Waals surface area contributed by atoms with E-state index in [2.05, 4.69) is 20.1 Å². The number of nitrogen functional groups attached to an aromatic ring is 1. The summed E-state index contributed by atoms with van der Waals surface area (Å²) in [5.41, 5.74) is 8.86. The van der Waals surface area contributed by atoms with Gasteiger partial charge in [0.05, 0.1) is 11.0 Å². The highest BCUT2D eigenvalue weighted by molar-refractivity contribution is 6.00. The molecule has 2 aromatic carbocycles. The van der Waals surface area contributed by atoms with E-state index >= 15 is 0 Å². The van der Waals surface area contributed by atoms with Crippen LogP contribution in [0, 0.1) is 6.92 Å². The highest BCUT2D eigenvalue weighted by atomic mass is 16.6. The Morgan fingerprint density at radius 1 is 1.06 bits per heavy atom.